The Morgan fingerprint density at radius 3 is 1.37 bits per heavy atom. The van der Waals surface area contributed by atoms with Gasteiger partial charge in [-0.2, -0.15) is 0 Å². The van der Waals surface area contributed by atoms with Crippen LogP contribution in [-0.4, -0.2) is 137 Å². The van der Waals surface area contributed by atoms with E-state index in [0.29, 0.717) is 0 Å². The zero-order valence-corrected chi connectivity index (χ0v) is 30.4. The molecule has 1 aromatic rings. The van der Waals surface area contributed by atoms with Gasteiger partial charge in [0.25, 0.3) is 0 Å². The van der Waals surface area contributed by atoms with Crippen LogP contribution in [0.1, 0.15) is 67.9 Å². The second-order valence-electron chi connectivity index (χ2n) is 14.8. The highest BCUT2D eigenvalue weighted by molar-refractivity contribution is 5.80. The van der Waals surface area contributed by atoms with Crippen molar-refractivity contribution in [2.24, 2.45) is 0 Å². The van der Waals surface area contributed by atoms with Gasteiger partial charge in [0.1, 0.15) is 29.5 Å². The minimum Gasteiger partial charge on any atom is -0.480 e. The van der Waals surface area contributed by atoms with Crippen LogP contribution in [0.5, 0.6) is 0 Å². The van der Waals surface area contributed by atoms with Crippen LogP contribution in [0.2, 0.25) is 0 Å². The predicted octanol–water partition coefficient (Wildman–Crippen LogP) is 4.39. The van der Waals surface area contributed by atoms with Gasteiger partial charge in [-0.1, -0.05) is 30.3 Å². The number of alkyl carbamates (subject to hydrolysis) is 1. The van der Waals surface area contributed by atoms with E-state index in [0.717, 1.165) is 5.56 Å². The van der Waals surface area contributed by atoms with Crippen LogP contribution in [0.15, 0.2) is 30.3 Å². The molecule has 49 heavy (non-hydrogen) atoms. The lowest BCUT2D eigenvalue weighted by Crippen LogP contribution is -2.54. The van der Waals surface area contributed by atoms with Gasteiger partial charge >= 0.3 is 30.3 Å². The van der Waals surface area contributed by atoms with E-state index in [1.54, 1.807) is 91.5 Å². The molecule has 0 aliphatic carbocycles. The molecule has 1 atom stereocenters. The molecule has 1 saturated heterocycles. The molecule has 0 radical (unpaired) electrons. The molecule has 0 bridgehead atoms. The molecule has 0 aromatic heterocycles. The quantitative estimate of drug-likeness (QED) is 0.406. The van der Waals surface area contributed by atoms with Crippen molar-refractivity contribution < 1.29 is 48.0 Å². The van der Waals surface area contributed by atoms with Crippen molar-refractivity contribution in [1.29, 1.82) is 0 Å². The number of nitrogens with zero attached hydrogens (tertiary/aromatic N) is 4. The van der Waals surface area contributed by atoms with Gasteiger partial charge in [0.2, 0.25) is 0 Å². The third-order valence-corrected chi connectivity index (χ3v) is 6.85. The first-order chi connectivity index (χ1) is 22.6. The van der Waals surface area contributed by atoms with Crippen molar-refractivity contribution in [3.8, 4) is 0 Å². The Kier molecular flexibility index (Phi) is 15.0. The molecule has 1 aliphatic heterocycles. The van der Waals surface area contributed by atoms with Gasteiger partial charge in [-0.05, 0) is 67.9 Å². The fraction of sp³-hybridized carbons (Fsp3) is 0.676. The fourth-order valence-electron chi connectivity index (χ4n) is 4.51. The first-order valence-electron chi connectivity index (χ1n) is 16.5. The van der Waals surface area contributed by atoms with E-state index in [1.807, 2.05) is 6.07 Å². The molecule has 2 rings (SSSR count). The van der Waals surface area contributed by atoms with Crippen LogP contribution >= 0.6 is 0 Å². The second kappa shape index (κ2) is 17.9. The molecule has 1 heterocycles. The highest BCUT2D eigenvalue weighted by Gasteiger charge is 2.31. The number of hydrogen-bond donors (Lipinski definition) is 2. The maximum Gasteiger partial charge on any atom is 0.410 e. The highest BCUT2D eigenvalue weighted by atomic mass is 16.6. The van der Waals surface area contributed by atoms with Gasteiger partial charge in [-0.15, -0.1) is 0 Å². The summed E-state index contributed by atoms with van der Waals surface area (Å²) in [4.78, 5) is 70.8. The molecule has 1 aliphatic rings. The molecule has 276 valence electrons. The second-order valence-corrected chi connectivity index (χ2v) is 14.8. The van der Waals surface area contributed by atoms with Crippen LogP contribution in [0.4, 0.5) is 19.2 Å². The predicted molar refractivity (Wildman–Crippen MR) is 181 cm³/mol. The molecule has 0 unspecified atom stereocenters. The maximum absolute atomic E-state index is 13.3. The summed E-state index contributed by atoms with van der Waals surface area (Å²) >= 11 is 0. The summed E-state index contributed by atoms with van der Waals surface area (Å²) in [5, 5.41) is 12.4. The lowest BCUT2D eigenvalue weighted by Gasteiger charge is -2.36. The van der Waals surface area contributed by atoms with Gasteiger partial charge in [0, 0.05) is 58.9 Å². The summed E-state index contributed by atoms with van der Waals surface area (Å²) in [6, 6.07) is 7.60. The van der Waals surface area contributed by atoms with Crippen molar-refractivity contribution in [1.82, 2.24) is 24.9 Å². The molecule has 1 aromatic carbocycles. The Balaban J connectivity index is 2.35. The van der Waals surface area contributed by atoms with E-state index in [4.69, 9.17) is 18.9 Å². The van der Waals surface area contributed by atoms with Crippen molar-refractivity contribution >= 4 is 30.3 Å². The number of amides is 4. The number of aliphatic carboxylic acids is 1. The average molecular weight is 694 g/mol. The zero-order valence-electron chi connectivity index (χ0n) is 30.4. The van der Waals surface area contributed by atoms with Gasteiger partial charge in [-0.25, -0.2) is 24.0 Å². The molecule has 2 N–H and O–H groups in total. The highest BCUT2D eigenvalue weighted by Crippen LogP contribution is 2.15. The Labute approximate surface area is 289 Å². The lowest BCUT2D eigenvalue weighted by molar-refractivity contribution is -0.140. The van der Waals surface area contributed by atoms with E-state index in [-0.39, 0.29) is 65.5 Å². The van der Waals surface area contributed by atoms with Crippen molar-refractivity contribution in [3.63, 3.8) is 0 Å². The first-order valence-corrected chi connectivity index (χ1v) is 16.5. The minimum absolute atomic E-state index is 0.0429. The molecular weight excluding hydrogens is 638 g/mol. The topological polar surface area (TPSA) is 167 Å². The molecule has 15 nitrogen and oxygen atoms in total. The number of benzene rings is 1. The Morgan fingerprint density at radius 2 is 1.02 bits per heavy atom. The number of carbonyl (C=O) groups excluding carboxylic acids is 4. The van der Waals surface area contributed by atoms with E-state index in [9.17, 15) is 29.1 Å². The van der Waals surface area contributed by atoms with E-state index >= 15 is 0 Å². The summed E-state index contributed by atoms with van der Waals surface area (Å²) in [6.07, 6.45) is -2.73. The number of carbonyl (C=O) groups is 5. The SMILES string of the molecule is CC(C)(C)OC(=O)N1CCN(C[C@H](NC(=O)OCc2ccccc2)C(=O)O)CCN(C(=O)OC(C)(C)C)CCN(C(=O)OC(C)(C)C)CC1. The summed E-state index contributed by atoms with van der Waals surface area (Å²) in [6.45, 7) is 16.3. The largest absolute Gasteiger partial charge is 0.480 e. The van der Waals surface area contributed by atoms with E-state index in [2.05, 4.69) is 5.32 Å². The molecule has 0 saturated carbocycles. The monoisotopic (exact) mass is 693 g/mol. The zero-order chi connectivity index (χ0) is 37.0. The number of carboxylic acids is 1. The van der Waals surface area contributed by atoms with Crippen molar-refractivity contribution in [2.75, 3.05) is 58.9 Å². The smallest absolute Gasteiger partial charge is 0.410 e. The summed E-state index contributed by atoms with van der Waals surface area (Å²) in [5.41, 5.74) is -1.63. The lowest BCUT2D eigenvalue weighted by atomic mass is 10.2. The first kappa shape index (κ1) is 40.9. The van der Waals surface area contributed by atoms with Crippen LogP contribution in [-0.2, 0) is 30.3 Å². The fourth-order valence-corrected chi connectivity index (χ4v) is 4.51. The van der Waals surface area contributed by atoms with Crippen LogP contribution in [0, 0.1) is 0 Å². The average Bonchev–Trinajstić information content (AvgIpc) is 2.94. The molecule has 4 amide bonds. The maximum atomic E-state index is 13.3. The summed E-state index contributed by atoms with van der Waals surface area (Å²) in [5.74, 6) is -1.29. The van der Waals surface area contributed by atoms with E-state index in [1.165, 1.54) is 14.7 Å². The van der Waals surface area contributed by atoms with Gasteiger partial charge in [-0.3, -0.25) is 4.90 Å². The number of carboxylic acid groups (broad SMARTS) is 1. The molecule has 15 heteroatoms. The minimum atomic E-state index is -1.37. The molecule has 1 fully saturated rings. The van der Waals surface area contributed by atoms with Crippen molar-refractivity contribution in [3.05, 3.63) is 35.9 Å². The van der Waals surface area contributed by atoms with Crippen LogP contribution in [0.25, 0.3) is 0 Å². The normalized spacial score (nSPS) is 16.4. The van der Waals surface area contributed by atoms with Crippen LogP contribution < -0.4 is 5.32 Å². The van der Waals surface area contributed by atoms with Gasteiger partial charge < -0.3 is 44.1 Å². The third kappa shape index (κ3) is 16.6. The Bertz CT molecular complexity index is 1210. The molecule has 0 spiro atoms. The summed E-state index contributed by atoms with van der Waals surface area (Å²) in [7, 11) is 0. The standard InChI is InChI=1S/C34H55N5O10/c1-32(2,3)47-29(43)37-17-15-36(23-26(27(40)41)35-28(42)46-24-25-13-11-10-12-14-25)16-18-38(30(44)48-33(4,5)6)20-22-39(21-19-37)31(45)49-34(7,8)9/h10-14,26H,15-24H2,1-9H3,(H,35,42)(H,40,41)/t26-/m0/s1. The number of hydrogen-bond acceptors (Lipinski definition) is 10. The number of ether oxygens (including phenoxy) is 4. The van der Waals surface area contributed by atoms with Gasteiger partial charge in [0.05, 0.1) is 0 Å². The van der Waals surface area contributed by atoms with Crippen molar-refractivity contribution in [2.45, 2.75) is 91.8 Å². The number of nitrogens with one attached hydrogen (secondary N) is 1. The summed E-state index contributed by atoms with van der Waals surface area (Å²) < 4.78 is 22.1. The Morgan fingerprint density at radius 1 is 0.653 bits per heavy atom. The van der Waals surface area contributed by atoms with Crippen LogP contribution in [0.3, 0.4) is 0 Å². The number of rotatable bonds is 6. The van der Waals surface area contributed by atoms with Gasteiger partial charge in [0.15, 0.2) is 0 Å². The molecular formula is C34H55N5O10. The van der Waals surface area contributed by atoms with E-state index < -0.39 is 53.2 Å². The Hall–Kier alpha value is -4.27. The third-order valence-electron chi connectivity index (χ3n) is 6.85.